The van der Waals surface area contributed by atoms with E-state index in [9.17, 15) is 0 Å². The van der Waals surface area contributed by atoms with E-state index < -0.39 is 0 Å². The summed E-state index contributed by atoms with van der Waals surface area (Å²) in [5.41, 5.74) is 6.46. The minimum absolute atomic E-state index is 0.100. The summed E-state index contributed by atoms with van der Waals surface area (Å²) in [6.07, 6.45) is 0.100. The molecule has 0 amide bonds. The van der Waals surface area contributed by atoms with E-state index in [-0.39, 0.29) is 11.6 Å². The van der Waals surface area contributed by atoms with Gasteiger partial charge in [0.2, 0.25) is 11.8 Å². The lowest BCUT2D eigenvalue weighted by Gasteiger charge is -2.19. The molecule has 0 aliphatic carbocycles. The van der Waals surface area contributed by atoms with Crippen LogP contribution in [0.5, 0.6) is 5.88 Å². The first-order chi connectivity index (χ1) is 7.76. The van der Waals surface area contributed by atoms with E-state index in [1.165, 1.54) is 0 Å². The van der Waals surface area contributed by atoms with Crippen molar-refractivity contribution >= 4 is 5.95 Å². The van der Waals surface area contributed by atoms with Crippen LogP contribution in [0.2, 0.25) is 0 Å². The molecule has 1 rings (SSSR count). The zero-order chi connectivity index (χ0) is 13.1. The Hall–Kier alpha value is -1.36. The average Bonchev–Trinajstić information content (AvgIpc) is 2.11. The van der Waals surface area contributed by atoms with Crippen molar-refractivity contribution in [3.8, 4) is 5.88 Å². The van der Waals surface area contributed by atoms with Gasteiger partial charge in [0.15, 0.2) is 0 Å². The van der Waals surface area contributed by atoms with Crippen molar-refractivity contribution in [2.45, 2.75) is 46.3 Å². The molecule has 0 fully saturated rings. The third-order valence-electron chi connectivity index (χ3n) is 1.89. The van der Waals surface area contributed by atoms with Gasteiger partial charge in [-0.25, -0.2) is 4.98 Å². The summed E-state index contributed by atoms with van der Waals surface area (Å²) in [6, 6.07) is 1.82. The number of rotatable bonds is 5. The van der Waals surface area contributed by atoms with Gasteiger partial charge in [0.25, 0.3) is 0 Å². The van der Waals surface area contributed by atoms with Gasteiger partial charge in [0.1, 0.15) is 0 Å². The Kier molecular flexibility index (Phi) is 4.28. The van der Waals surface area contributed by atoms with Crippen LogP contribution in [0.1, 0.15) is 33.4 Å². The van der Waals surface area contributed by atoms with Crippen molar-refractivity contribution in [1.82, 2.24) is 9.97 Å². The van der Waals surface area contributed by atoms with E-state index in [1.807, 2.05) is 40.7 Å². The summed E-state index contributed by atoms with van der Waals surface area (Å²) in [4.78, 5) is 8.56. The molecule has 0 unspecified atom stereocenters. The Morgan fingerprint density at radius 1 is 1.41 bits per heavy atom. The fourth-order valence-electron chi connectivity index (χ4n) is 1.23. The first-order valence-corrected chi connectivity index (χ1v) is 5.81. The molecule has 0 saturated carbocycles. The second-order valence-electron chi connectivity index (χ2n) is 5.18. The monoisotopic (exact) mass is 238 g/mol. The lowest BCUT2D eigenvalue weighted by Crippen LogP contribution is -2.40. The van der Waals surface area contributed by atoms with Gasteiger partial charge in [0, 0.05) is 23.8 Å². The highest BCUT2D eigenvalue weighted by Gasteiger charge is 2.11. The summed E-state index contributed by atoms with van der Waals surface area (Å²) in [6.45, 7) is 10.3. The number of nitrogens with zero attached hydrogens (tertiary/aromatic N) is 2. The number of ether oxygens (including phenoxy) is 1. The predicted molar refractivity (Wildman–Crippen MR) is 69.3 cm³/mol. The third kappa shape index (κ3) is 5.49. The number of nitrogens with two attached hydrogens (primary N) is 1. The summed E-state index contributed by atoms with van der Waals surface area (Å²) >= 11 is 0. The topological polar surface area (TPSA) is 73.1 Å². The van der Waals surface area contributed by atoms with Crippen LogP contribution in [0.15, 0.2) is 6.07 Å². The summed E-state index contributed by atoms with van der Waals surface area (Å²) < 4.78 is 5.55. The molecule has 1 heterocycles. The fraction of sp³-hybridized carbons (Fsp3) is 0.667. The van der Waals surface area contributed by atoms with Crippen molar-refractivity contribution in [2.24, 2.45) is 5.73 Å². The standard InChI is InChI=1S/C12H22N4O/c1-8(2)17-10-6-9(3)15-11(16-10)14-7-12(4,5)13/h6,8H,7,13H2,1-5H3,(H,14,15,16). The highest BCUT2D eigenvalue weighted by Crippen LogP contribution is 2.13. The lowest BCUT2D eigenvalue weighted by atomic mass is 10.1. The molecule has 0 aromatic carbocycles. The van der Waals surface area contributed by atoms with E-state index in [1.54, 1.807) is 0 Å². The highest BCUT2D eigenvalue weighted by molar-refractivity contribution is 5.31. The largest absolute Gasteiger partial charge is 0.475 e. The molecule has 3 N–H and O–H groups in total. The molecule has 0 spiro atoms. The average molecular weight is 238 g/mol. The second kappa shape index (κ2) is 5.31. The van der Waals surface area contributed by atoms with Gasteiger partial charge >= 0.3 is 0 Å². The molecular formula is C12H22N4O. The predicted octanol–water partition coefficient (Wildman–Crippen LogP) is 1.72. The first kappa shape index (κ1) is 13.7. The van der Waals surface area contributed by atoms with Crippen molar-refractivity contribution < 1.29 is 4.74 Å². The number of nitrogens with one attached hydrogen (secondary N) is 1. The van der Waals surface area contributed by atoms with E-state index >= 15 is 0 Å². The van der Waals surface area contributed by atoms with Crippen LogP contribution in [0, 0.1) is 6.92 Å². The number of aryl methyl sites for hydroxylation is 1. The van der Waals surface area contributed by atoms with Crippen molar-refractivity contribution in [1.29, 1.82) is 0 Å². The maximum absolute atomic E-state index is 5.89. The number of hydrogen-bond acceptors (Lipinski definition) is 5. The molecule has 96 valence electrons. The second-order valence-corrected chi connectivity index (χ2v) is 5.18. The summed E-state index contributed by atoms with van der Waals surface area (Å²) in [5.74, 6) is 1.14. The Balaban J connectivity index is 2.75. The van der Waals surface area contributed by atoms with Crippen LogP contribution >= 0.6 is 0 Å². The molecule has 0 atom stereocenters. The van der Waals surface area contributed by atoms with E-state index in [0.29, 0.717) is 18.4 Å². The molecule has 1 aromatic rings. The Morgan fingerprint density at radius 3 is 2.59 bits per heavy atom. The quantitative estimate of drug-likeness (QED) is 0.817. The fourth-order valence-corrected chi connectivity index (χ4v) is 1.23. The van der Waals surface area contributed by atoms with Gasteiger partial charge in [-0.15, -0.1) is 0 Å². The van der Waals surface area contributed by atoms with Gasteiger partial charge in [-0.05, 0) is 34.6 Å². The summed E-state index contributed by atoms with van der Waals surface area (Å²) in [5, 5.41) is 3.11. The van der Waals surface area contributed by atoms with Gasteiger partial charge in [-0.1, -0.05) is 0 Å². The Bertz CT molecular complexity index is 371. The van der Waals surface area contributed by atoms with Crippen molar-refractivity contribution in [3.63, 3.8) is 0 Å². The first-order valence-electron chi connectivity index (χ1n) is 5.81. The van der Waals surface area contributed by atoms with Crippen LogP contribution in [0.25, 0.3) is 0 Å². The zero-order valence-electron chi connectivity index (χ0n) is 11.2. The maximum Gasteiger partial charge on any atom is 0.226 e. The third-order valence-corrected chi connectivity index (χ3v) is 1.89. The van der Waals surface area contributed by atoms with E-state index in [0.717, 1.165) is 5.69 Å². The maximum atomic E-state index is 5.89. The van der Waals surface area contributed by atoms with Gasteiger partial charge in [-0.2, -0.15) is 4.98 Å². The summed E-state index contributed by atoms with van der Waals surface area (Å²) in [7, 11) is 0. The number of anilines is 1. The Morgan fingerprint density at radius 2 is 2.06 bits per heavy atom. The van der Waals surface area contributed by atoms with Crippen LogP contribution in [-0.2, 0) is 0 Å². The molecule has 17 heavy (non-hydrogen) atoms. The molecule has 0 radical (unpaired) electrons. The molecule has 5 nitrogen and oxygen atoms in total. The highest BCUT2D eigenvalue weighted by atomic mass is 16.5. The van der Waals surface area contributed by atoms with Crippen LogP contribution in [0.3, 0.4) is 0 Å². The minimum Gasteiger partial charge on any atom is -0.475 e. The Labute approximate surface area is 103 Å². The molecule has 0 aliphatic heterocycles. The van der Waals surface area contributed by atoms with Crippen molar-refractivity contribution in [2.75, 3.05) is 11.9 Å². The van der Waals surface area contributed by atoms with Gasteiger partial charge < -0.3 is 15.8 Å². The molecule has 0 bridgehead atoms. The van der Waals surface area contributed by atoms with E-state index in [4.69, 9.17) is 10.5 Å². The van der Waals surface area contributed by atoms with Gasteiger partial charge in [-0.3, -0.25) is 0 Å². The molecule has 1 aromatic heterocycles. The van der Waals surface area contributed by atoms with Crippen molar-refractivity contribution in [3.05, 3.63) is 11.8 Å². The normalized spacial score (nSPS) is 11.7. The van der Waals surface area contributed by atoms with Crippen LogP contribution in [0.4, 0.5) is 5.95 Å². The smallest absolute Gasteiger partial charge is 0.226 e. The lowest BCUT2D eigenvalue weighted by molar-refractivity contribution is 0.232. The minimum atomic E-state index is -0.299. The van der Waals surface area contributed by atoms with E-state index in [2.05, 4.69) is 15.3 Å². The van der Waals surface area contributed by atoms with Crippen LogP contribution in [-0.4, -0.2) is 28.2 Å². The molecule has 0 aliphatic rings. The number of aromatic nitrogens is 2. The van der Waals surface area contributed by atoms with Crippen LogP contribution < -0.4 is 15.8 Å². The molecular weight excluding hydrogens is 216 g/mol. The SMILES string of the molecule is Cc1cc(OC(C)C)nc(NCC(C)(C)N)n1. The zero-order valence-corrected chi connectivity index (χ0v) is 11.2. The van der Waals surface area contributed by atoms with Gasteiger partial charge in [0.05, 0.1) is 6.10 Å². The number of hydrogen-bond donors (Lipinski definition) is 2. The molecule has 0 saturated heterocycles. The molecule has 5 heteroatoms.